The van der Waals surface area contributed by atoms with Crippen LogP contribution in [0.1, 0.15) is 12.8 Å². The van der Waals surface area contributed by atoms with Crippen LogP contribution in [-0.4, -0.2) is 50.5 Å². The largest absolute Gasteiger partial charge is 0.374 e. The number of likely N-dealkylation sites (tertiary alicyclic amines) is 1. The van der Waals surface area contributed by atoms with E-state index in [1.54, 1.807) is 0 Å². The van der Waals surface area contributed by atoms with Gasteiger partial charge in [-0.3, -0.25) is 0 Å². The summed E-state index contributed by atoms with van der Waals surface area (Å²) in [5.41, 5.74) is 0. The van der Waals surface area contributed by atoms with Gasteiger partial charge in [0.05, 0.1) is 19.3 Å². The van der Waals surface area contributed by atoms with Gasteiger partial charge in [-0.15, -0.1) is 0 Å². The smallest absolute Gasteiger partial charge is 0.113 e. The van der Waals surface area contributed by atoms with Gasteiger partial charge < -0.3 is 9.64 Å². The second-order valence-electron chi connectivity index (χ2n) is 3.33. The molecule has 3 nitrogen and oxygen atoms in total. The third-order valence-corrected chi connectivity index (χ3v) is 2.28. The lowest BCUT2D eigenvalue weighted by Gasteiger charge is -2.14. The van der Waals surface area contributed by atoms with E-state index >= 15 is 0 Å². The summed E-state index contributed by atoms with van der Waals surface area (Å²) in [6, 6.07) is 0. The SMILES string of the molecule is [O]CCCN1CCC(OCCF)C1. The Balaban J connectivity index is 2.05. The zero-order valence-corrected chi connectivity index (χ0v) is 7.88. The number of rotatable bonds is 6. The topological polar surface area (TPSA) is 32.4 Å². The highest BCUT2D eigenvalue weighted by Gasteiger charge is 2.21. The normalized spacial score (nSPS) is 24.0. The van der Waals surface area contributed by atoms with E-state index < -0.39 is 6.67 Å². The van der Waals surface area contributed by atoms with Crippen LogP contribution >= 0.6 is 0 Å². The molecule has 1 aliphatic rings. The fourth-order valence-corrected chi connectivity index (χ4v) is 1.64. The highest BCUT2D eigenvalue weighted by Crippen LogP contribution is 2.12. The molecule has 0 bridgehead atoms. The molecule has 1 heterocycles. The number of hydrogen-bond acceptors (Lipinski definition) is 2. The summed E-state index contributed by atoms with van der Waals surface area (Å²) < 4.78 is 17.0. The van der Waals surface area contributed by atoms with E-state index in [0.29, 0.717) is 6.42 Å². The lowest BCUT2D eigenvalue weighted by molar-refractivity contribution is 0.0493. The van der Waals surface area contributed by atoms with Crippen LogP contribution in [0.3, 0.4) is 0 Å². The van der Waals surface area contributed by atoms with Gasteiger partial charge in [-0.2, -0.15) is 0 Å². The molecule has 1 atom stereocenters. The Hall–Kier alpha value is -0.190. The summed E-state index contributed by atoms with van der Waals surface area (Å²) in [5.74, 6) is 0. The average Bonchev–Trinajstić information content (AvgIpc) is 2.59. The minimum Gasteiger partial charge on any atom is -0.374 e. The van der Waals surface area contributed by atoms with Crippen molar-refractivity contribution in [1.82, 2.24) is 4.90 Å². The molecule has 1 aliphatic heterocycles. The molecule has 77 valence electrons. The summed E-state index contributed by atoms with van der Waals surface area (Å²) in [5, 5.41) is 10.2. The van der Waals surface area contributed by atoms with Crippen LogP contribution < -0.4 is 0 Å². The van der Waals surface area contributed by atoms with Gasteiger partial charge >= 0.3 is 0 Å². The standard InChI is InChI=1S/C9H17FNO2/c10-3-7-13-9-2-5-11(8-9)4-1-6-12/h9H,1-8H2. The molecule has 0 aromatic rings. The highest BCUT2D eigenvalue weighted by atomic mass is 19.1. The van der Waals surface area contributed by atoms with E-state index in [2.05, 4.69) is 4.90 Å². The molecule has 4 heteroatoms. The van der Waals surface area contributed by atoms with Crippen molar-refractivity contribution in [2.45, 2.75) is 18.9 Å². The van der Waals surface area contributed by atoms with E-state index in [1.807, 2.05) is 0 Å². The molecular weight excluding hydrogens is 173 g/mol. The molecular formula is C9H17FNO2. The molecule has 0 aliphatic carbocycles. The first kappa shape index (κ1) is 10.9. The van der Waals surface area contributed by atoms with Crippen molar-refractivity contribution in [2.75, 3.05) is 39.5 Å². The van der Waals surface area contributed by atoms with Crippen LogP contribution in [0.15, 0.2) is 0 Å². The summed E-state index contributed by atoms with van der Waals surface area (Å²) in [6.45, 7) is 2.50. The van der Waals surface area contributed by atoms with Crippen molar-refractivity contribution in [2.24, 2.45) is 0 Å². The third-order valence-electron chi connectivity index (χ3n) is 2.28. The minimum atomic E-state index is -0.406. The Labute approximate surface area is 78.5 Å². The maximum Gasteiger partial charge on any atom is 0.113 e. The number of nitrogens with zero attached hydrogens (tertiary/aromatic N) is 1. The number of halogens is 1. The van der Waals surface area contributed by atoms with E-state index in [-0.39, 0.29) is 19.3 Å². The lowest BCUT2D eigenvalue weighted by Crippen LogP contribution is -2.25. The van der Waals surface area contributed by atoms with E-state index in [1.165, 1.54) is 0 Å². The second-order valence-corrected chi connectivity index (χ2v) is 3.33. The van der Waals surface area contributed by atoms with Gasteiger partial charge in [0.2, 0.25) is 0 Å². The summed E-state index contributed by atoms with van der Waals surface area (Å²) in [4.78, 5) is 2.21. The summed E-state index contributed by atoms with van der Waals surface area (Å²) >= 11 is 0. The summed E-state index contributed by atoms with van der Waals surface area (Å²) in [6.07, 6.45) is 1.86. The first-order valence-corrected chi connectivity index (χ1v) is 4.85. The van der Waals surface area contributed by atoms with E-state index in [4.69, 9.17) is 4.74 Å². The Morgan fingerprint density at radius 2 is 2.38 bits per heavy atom. The van der Waals surface area contributed by atoms with Crippen LogP contribution in [0.25, 0.3) is 0 Å². The molecule has 0 amide bonds. The molecule has 0 aromatic heterocycles. The van der Waals surface area contributed by atoms with Crippen molar-refractivity contribution in [3.63, 3.8) is 0 Å². The number of alkyl halides is 1. The van der Waals surface area contributed by atoms with Gasteiger partial charge in [-0.25, -0.2) is 9.50 Å². The molecule has 1 unspecified atom stereocenters. The number of ether oxygens (including phenoxy) is 1. The fourth-order valence-electron chi connectivity index (χ4n) is 1.64. The van der Waals surface area contributed by atoms with Crippen molar-refractivity contribution in [3.05, 3.63) is 0 Å². The highest BCUT2D eigenvalue weighted by molar-refractivity contribution is 4.75. The zero-order chi connectivity index (χ0) is 9.52. The predicted octanol–water partition coefficient (Wildman–Crippen LogP) is 0.867. The van der Waals surface area contributed by atoms with Gasteiger partial charge in [0.15, 0.2) is 0 Å². The quantitative estimate of drug-likeness (QED) is 0.622. The van der Waals surface area contributed by atoms with Crippen molar-refractivity contribution in [3.8, 4) is 0 Å². The Morgan fingerprint density at radius 3 is 3.08 bits per heavy atom. The van der Waals surface area contributed by atoms with Gasteiger partial charge in [0.25, 0.3) is 0 Å². The van der Waals surface area contributed by atoms with E-state index in [9.17, 15) is 9.50 Å². The van der Waals surface area contributed by atoms with Crippen LogP contribution in [-0.2, 0) is 9.84 Å². The molecule has 1 fully saturated rings. The minimum absolute atomic E-state index is 0.00744. The monoisotopic (exact) mass is 190 g/mol. The fraction of sp³-hybridized carbons (Fsp3) is 1.00. The van der Waals surface area contributed by atoms with Crippen LogP contribution in [0.2, 0.25) is 0 Å². The van der Waals surface area contributed by atoms with Gasteiger partial charge in [-0.1, -0.05) is 0 Å². The van der Waals surface area contributed by atoms with Crippen molar-refractivity contribution < 1.29 is 14.2 Å². The van der Waals surface area contributed by atoms with Crippen LogP contribution in [0, 0.1) is 0 Å². The van der Waals surface area contributed by atoms with Crippen molar-refractivity contribution in [1.29, 1.82) is 0 Å². The molecule has 1 rings (SSSR count). The lowest BCUT2D eigenvalue weighted by atomic mass is 10.3. The Morgan fingerprint density at radius 1 is 1.54 bits per heavy atom. The average molecular weight is 190 g/mol. The molecule has 0 N–H and O–H groups in total. The van der Waals surface area contributed by atoms with Gasteiger partial charge in [0.1, 0.15) is 6.67 Å². The zero-order valence-electron chi connectivity index (χ0n) is 7.88. The second kappa shape index (κ2) is 6.29. The number of hydrogen-bond donors (Lipinski definition) is 0. The first-order chi connectivity index (χ1) is 6.36. The van der Waals surface area contributed by atoms with Gasteiger partial charge in [0, 0.05) is 19.6 Å². The molecule has 13 heavy (non-hydrogen) atoms. The maximum atomic E-state index is 11.8. The molecule has 1 saturated heterocycles. The molecule has 0 aromatic carbocycles. The summed E-state index contributed by atoms with van der Waals surface area (Å²) in [7, 11) is 0. The Kier molecular flexibility index (Phi) is 5.27. The molecule has 0 spiro atoms. The molecule has 0 saturated carbocycles. The van der Waals surface area contributed by atoms with Gasteiger partial charge in [-0.05, 0) is 12.8 Å². The molecule has 1 radical (unpaired) electrons. The predicted molar refractivity (Wildman–Crippen MR) is 46.9 cm³/mol. The first-order valence-electron chi connectivity index (χ1n) is 4.85. The van der Waals surface area contributed by atoms with Crippen LogP contribution in [0.5, 0.6) is 0 Å². The maximum absolute atomic E-state index is 11.8. The van der Waals surface area contributed by atoms with E-state index in [0.717, 1.165) is 26.1 Å². The van der Waals surface area contributed by atoms with Crippen LogP contribution in [0.4, 0.5) is 4.39 Å². The third kappa shape index (κ3) is 4.02. The van der Waals surface area contributed by atoms with Crippen molar-refractivity contribution >= 4 is 0 Å². The Bertz CT molecular complexity index is 121.